The van der Waals surface area contributed by atoms with Crippen molar-refractivity contribution in [2.24, 2.45) is 0 Å². The van der Waals surface area contributed by atoms with Crippen LogP contribution in [0.2, 0.25) is 0 Å². The fourth-order valence-electron chi connectivity index (χ4n) is 2.84. The smallest absolute Gasteiger partial charge is 0.257 e. The van der Waals surface area contributed by atoms with Gasteiger partial charge in [-0.3, -0.25) is 14.6 Å². The van der Waals surface area contributed by atoms with Crippen molar-refractivity contribution in [2.75, 3.05) is 0 Å². The largest absolute Gasteiger partial charge is 0.512 e. The summed E-state index contributed by atoms with van der Waals surface area (Å²) in [5, 5.41) is 10.2. The Morgan fingerprint density at radius 3 is 2.45 bits per heavy atom. The molecule has 0 saturated heterocycles. The summed E-state index contributed by atoms with van der Waals surface area (Å²) in [6, 6.07) is 20.4. The molecule has 1 N–H and O–H groups in total. The van der Waals surface area contributed by atoms with Gasteiger partial charge in [0.05, 0.1) is 17.0 Å². The first kappa shape index (κ1) is 22.2. The van der Waals surface area contributed by atoms with E-state index in [0.717, 1.165) is 16.3 Å². The van der Waals surface area contributed by atoms with Gasteiger partial charge in [0.2, 0.25) is 0 Å². The van der Waals surface area contributed by atoms with E-state index >= 15 is 0 Å². The number of fused-ring (bicyclic) bond motifs is 3. The quantitative estimate of drug-likeness (QED) is 0.170. The molecule has 0 spiro atoms. The van der Waals surface area contributed by atoms with Gasteiger partial charge in [-0.15, -0.1) is 35.0 Å². The molecule has 5 nitrogen and oxygen atoms in total. The van der Waals surface area contributed by atoms with Crippen LogP contribution in [0.3, 0.4) is 0 Å². The predicted molar refractivity (Wildman–Crippen MR) is 110 cm³/mol. The van der Waals surface area contributed by atoms with E-state index in [9.17, 15) is 9.59 Å². The summed E-state index contributed by atoms with van der Waals surface area (Å²) in [4.78, 5) is 27.2. The maximum Gasteiger partial charge on any atom is 0.257 e. The van der Waals surface area contributed by atoms with E-state index in [1.807, 2.05) is 54.6 Å². The van der Waals surface area contributed by atoms with Crippen LogP contribution in [-0.2, 0) is 24.9 Å². The molecule has 149 valence electrons. The molecular weight excluding hydrogens is 544 g/mol. The number of hydrogen-bond acceptors (Lipinski definition) is 4. The Labute approximate surface area is 181 Å². The van der Waals surface area contributed by atoms with Crippen LogP contribution in [0, 0.1) is 6.07 Å². The van der Waals surface area contributed by atoms with Crippen LogP contribution in [-0.4, -0.2) is 20.3 Å². The molecule has 2 aromatic heterocycles. The van der Waals surface area contributed by atoms with Crippen molar-refractivity contribution in [3.63, 3.8) is 0 Å². The second-order valence-electron chi connectivity index (χ2n) is 6.25. The van der Waals surface area contributed by atoms with Crippen molar-refractivity contribution >= 4 is 22.2 Å². The van der Waals surface area contributed by atoms with Crippen LogP contribution in [0.15, 0.2) is 83.6 Å². The standard InChI is InChI=1S/C18H11N2O.C5H8O2.Ir/c21-18-16(13-6-2-1-3-7-13)12-19-17-15-9-5-4-8-14(15)10-11-20(17)18;1-4(6)3-5(2)7;/h1-8,10-12H;3,6H,1-2H3;/q-1;;. The summed E-state index contributed by atoms with van der Waals surface area (Å²) >= 11 is 0. The molecule has 0 bridgehead atoms. The number of allylic oxidation sites excluding steroid dienone is 2. The molecular formula is C23H19IrN2O3-. The zero-order chi connectivity index (χ0) is 20.1. The van der Waals surface area contributed by atoms with Crippen LogP contribution >= 0.6 is 0 Å². The molecule has 2 heterocycles. The van der Waals surface area contributed by atoms with Gasteiger partial charge in [0.1, 0.15) is 0 Å². The zero-order valence-corrected chi connectivity index (χ0v) is 18.3. The summed E-state index contributed by atoms with van der Waals surface area (Å²) in [5.74, 6) is -0.0625. The molecule has 4 rings (SSSR count). The van der Waals surface area contributed by atoms with Crippen molar-refractivity contribution in [1.82, 2.24) is 9.38 Å². The molecule has 0 unspecified atom stereocenters. The number of aliphatic hydroxyl groups is 1. The first-order valence-electron chi connectivity index (χ1n) is 8.71. The van der Waals surface area contributed by atoms with Crippen molar-refractivity contribution in [3.05, 3.63) is 95.2 Å². The fourth-order valence-corrected chi connectivity index (χ4v) is 2.84. The molecule has 4 aromatic rings. The van der Waals surface area contributed by atoms with E-state index in [1.165, 1.54) is 19.9 Å². The van der Waals surface area contributed by atoms with Crippen LogP contribution in [0.1, 0.15) is 13.8 Å². The molecule has 29 heavy (non-hydrogen) atoms. The molecule has 0 saturated carbocycles. The third-order valence-electron chi connectivity index (χ3n) is 4.01. The number of aliphatic hydroxyl groups excluding tert-OH is 1. The first-order valence-corrected chi connectivity index (χ1v) is 8.71. The van der Waals surface area contributed by atoms with E-state index in [4.69, 9.17) is 5.11 Å². The minimum absolute atomic E-state index is 0. The number of benzene rings is 2. The van der Waals surface area contributed by atoms with Crippen LogP contribution < -0.4 is 5.56 Å². The topological polar surface area (TPSA) is 71.7 Å². The van der Waals surface area contributed by atoms with Gasteiger partial charge in [-0.1, -0.05) is 36.4 Å². The number of carbonyl (C=O) groups is 1. The molecule has 0 fully saturated rings. The second kappa shape index (κ2) is 9.92. The number of aromatic nitrogens is 2. The molecule has 0 aliphatic carbocycles. The van der Waals surface area contributed by atoms with Crippen molar-refractivity contribution in [1.29, 1.82) is 0 Å². The predicted octanol–water partition coefficient (Wildman–Crippen LogP) is 4.35. The van der Waals surface area contributed by atoms with Gasteiger partial charge in [0.15, 0.2) is 5.78 Å². The summed E-state index contributed by atoms with van der Waals surface area (Å²) in [7, 11) is 0. The number of rotatable bonds is 2. The van der Waals surface area contributed by atoms with Gasteiger partial charge in [-0.2, -0.15) is 0 Å². The van der Waals surface area contributed by atoms with Gasteiger partial charge >= 0.3 is 0 Å². The zero-order valence-electron chi connectivity index (χ0n) is 15.9. The molecule has 6 heteroatoms. The molecule has 1 radical (unpaired) electrons. The maximum atomic E-state index is 12.7. The van der Waals surface area contributed by atoms with Gasteiger partial charge in [0.25, 0.3) is 5.56 Å². The summed E-state index contributed by atoms with van der Waals surface area (Å²) in [6.07, 6.45) is 4.58. The Morgan fingerprint density at radius 2 is 1.83 bits per heavy atom. The normalized spacial score (nSPS) is 10.8. The number of hydrogen-bond donors (Lipinski definition) is 1. The number of ketones is 1. The van der Waals surface area contributed by atoms with Crippen molar-refractivity contribution < 1.29 is 30.0 Å². The summed E-state index contributed by atoms with van der Waals surface area (Å²) < 4.78 is 1.58. The minimum Gasteiger partial charge on any atom is -0.512 e. The molecule has 0 atom stereocenters. The number of pyridine rings is 1. The van der Waals surface area contributed by atoms with E-state index < -0.39 is 0 Å². The second-order valence-corrected chi connectivity index (χ2v) is 6.25. The molecule has 0 aliphatic rings. The maximum absolute atomic E-state index is 12.7. The van der Waals surface area contributed by atoms with Gasteiger partial charge in [-0.05, 0) is 25.6 Å². The van der Waals surface area contributed by atoms with Gasteiger partial charge in [0, 0.05) is 32.4 Å². The Kier molecular flexibility index (Phi) is 7.59. The van der Waals surface area contributed by atoms with Crippen LogP contribution in [0.4, 0.5) is 0 Å². The van der Waals surface area contributed by atoms with Gasteiger partial charge < -0.3 is 9.51 Å². The molecule has 0 aliphatic heterocycles. The number of nitrogens with zero attached hydrogens (tertiary/aromatic N) is 2. The van der Waals surface area contributed by atoms with Crippen molar-refractivity contribution in [2.45, 2.75) is 13.8 Å². The monoisotopic (exact) mass is 564 g/mol. The van der Waals surface area contributed by atoms with Crippen LogP contribution in [0.25, 0.3) is 27.5 Å². The van der Waals surface area contributed by atoms with Crippen LogP contribution in [0.5, 0.6) is 0 Å². The van der Waals surface area contributed by atoms with E-state index in [1.54, 1.807) is 16.8 Å². The van der Waals surface area contributed by atoms with E-state index in [2.05, 4.69) is 11.1 Å². The van der Waals surface area contributed by atoms with Gasteiger partial charge in [-0.25, -0.2) is 0 Å². The Hall–Kier alpha value is -3.08. The Bertz CT molecular complexity index is 1230. The fraction of sp³-hybridized carbons (Fsp3) is 0.0870. The van der Waals surface area contributed by atoms with E-state index in [0.29, 0.717) is 11.2 Å². The Balaban J connectivity index is 0.000000327. The SMILES string of the molecule is CC(=O)C=C(C)O.O=c1c(-c2ccccc2)cnc2c3[c-]cccc3ccn12.[Ir]. The molecule has 0 amide bonds. The third kappa shape index (κ3) is 5.25. The van der Waals surface area contributed by atoms with E-state index in [-0.39, 0.29) is 37.2 Å². The number of carbonyl (C=O) groups excluding carboxylic acids is 1. The summed E-state index contributed by atoms with van der Waals surface area (Å²) in [5.41, 5.74) is 2.05. The summed E-state index contributed by atoms with van der Waals surface area (Å²) in [6.45, 7) is 2.85. The Morgan fingerprint density at radius 1 is 1.10 bits per heavy atom. The average Bonchev–Trinajstić information content (AvgIpc) is 2.68. The average molecular weight is 564 g/mol. The third-order valence-corrected chi connectivity index (χ3v) is 4.01. The first-order chi connectivity index (χ1) is 13.5. The van der Waals surface area contributed by atoms with Crippen molar-refractivity contribution in [3.8, 4) is 11.1 Å². The minimum atomic E-state index is -0.125. The molecule has 2 aromatic carbocycles.